The molecule has 1 fully saturated rings. The summed E-state index contributed by atoms with van der Waals surface area (Å²) >= 11 is 3.55. The first-order valence-corrected chi connectivity index (χ1v) is 8.55. The summed E-state index contributed by atoms with van der Waals surface area (Å²) in [4.78, 5) is 10.6. The topological polar surface area (TPSA) is 63.5 Å². The van der Waals surface area contributed by atoms with Gasteiger partial charge in [-0.25, -0.2) is 4.89 Å². The Labute approximate surface area is 154 Å². The van der Waals surface area contributed by atoms with Crippen molar-refractivity contribution in [2.45, 2.75) is 37.8 Å². The normalized spacial score (nSPS) is 17.8. The van der Waals surface area contributed by atoms with Crippen molar-refractivity contribution in [3.05, 3.63) is 35.5 Å². The zero-order chi connectivity index (χ0) is 16.2. The first kappa shape index (κ1) is 19.6. The molecule has 3 rings (SSSR count). The second-order valence-corrected chi connectivity index (χ2v) is 6.60. The molecule has 1 unspecified atom stereocenters. The standard InChI is InChI=1S/C17H25N3O2S.ClH/c1-20-8-6-13(7-9-20)15-11-19-16-4-2-12(10-14(15)16)3-5-17(18)21-22-23;/h2,4,10-11,13,17,19,23H,3,5-9,18H2,1H3;1H. The number of aromatic nitrogens is 1. The molecule has 1 aliphatic rings. The van der Waals surface area contributed by atoms with Gasteiger partial charge in [-0.1, -0.05) is 6.07 Å². The molecule has 1 saturated heterocycles. The Morgan fingerprint density at radius 3 is 2.83 bits per heavy atom. The summed E-state index contributed by atoms with van der Waals surface area (Å²) in [6, 6.07) is 6.59. The number of nitrogens with two attached hydrogens (primary N) is 1. The molecule has 0 radical (unpaired) electrons. The molecule has 2 heterocycles. The fraction of sp³-hybridized carbons (Fsp3) is 0.529. The number of fused-ring (bicyclic) bond motifs is 1. The van der Waals surface area contributed by atoms with Crippen molar-refractivity contribution in [1.82, 2.24) is 9.88 Å². The van der Waals surface area contributed by atoms with Gasteiger partial charge in [0.2, 0.25) is 0 Å². The van der Waals surface area contributed by atoms with Gasteiger partial charge in [-0.15, -0.1) is 12.4 Å². The van der Waals surface area contributed by atoms with Crippen molar-refractivity contribution in [3.63, 3.8) is 0 Å². The van der Waals surface area contributed by atoms with E-state index in [0.717, 1.165) is 6.42 Å². The molecule has 2 aromatic rings. The van der Waals surface area contributed by atoms with Crippen molar-refractivity contribution >= 4 is 36.2 Å². The van der Waals surface area contributed by atoms with Crippen LogP contribution in [-0.4, -0.2) is 36.2 Å². The van der Waals surface area contributed by atoms with E-state index in [1.807, 2.05) is 0 Å². The van der Waals surface area contributed by atoms with Gasteiger partial charge in [0.15, 0.2) is 0 Å². The average Bonchev–Trinajstić information content (AvgIpc) is 2.97. The number of benzene rings is 1. The molecular weight excluding hydrogens is 346 g/mol. The second-order valence-electron chi connectivity index (χ2n) is 6.45. The molecule has 5 nitrogen and oxygen atoms in total. The maximum absolute atomic E-state index is 5.78. The number of hydrogen-bond donors (Lipinski definition) is 3. The van der Waals surface area contributed by atoms with E-state index in [2.05, 4.69) is 58.6 Å². The smallest absolute Gasteiger partial charge is 0.142 e. The number of aromatic amines is 1. The van der Waals surface area contributed by atoms with E-state index in [1.54, 1.807) is 0 Å². The molecule has 1 aromatic carbocycles. The van der Waals surface area contributed by atoms with Crippen LogP contribution >= 0.6 is 25.3 Å². The summed E-state index contributed by atoms with van der Waals surface area (Å²) in [7, 11) is 2.20. The van der Waals surface area contributed by atoms with E-state index in [4.69, 9.17) is 10.6 Å². The number of hydrogen-bond acceptors (Lipinski definition) is 5. The maximum Gasteiger partial charge on any atom is 0.142 e. The highest BCUT2D eigenvalue weighted by Gasteiger charge is 2.21. The van der Waals surface area contributed by atoms with Crippen LogP contribution in [0.4, 0.5) is 0 Å². The number of rotatable bonds is 6. The SMILES string of the molecule is CN1CCC(c2c[nH]c3ccc(CCC(N)OOS)cc23)CC1.Cl. The summed E-state index contributed by atoms with van der Waals surface area (Å²) in [5, 5.41) is 1.34. The summed E-state index contributed by atoms with van der Waals surface area (Å²) < 4.78 is 4.32. The van der Waals surface area contributed by atoms with Crippen LogP contribution in [0.1, 0.15) is 36.3 Å². The number of nitrogens with one attached hydrogen (secondary N) is 1. The Kier molecular flexibility index (Phi) is 7.40. The number of likely N-dealkylation sites (tertiary alicyclic amines) is 1. The molecule has 0 spiro atoms. The van der Waals surface area contributed by atoms with E-state index in [-0.39, 0.29) is 12.4 Å². The number of H-pyrrole nitrogens is 1. The summed E-state index contributed by atoms with van der Waals surface area (Å²) in [6.45, 7) is 2.35. The number of aryl methyl sites for hydroxylation is 1. The molecule has 7 heteroatoms. The van der Waals surface area contributed by atoms with E-state index in [9.17, 15) is 0 Å². The van der Waals surface area contributed by atoms with Crippen LogP contribution in [0.25, 0.3) is 10.9 Å². The molecule has 0 bridgehead atoms. The molecule has 0 amide bonds. The number of thiol groups is 1. The zero-order valence-electron chi connectivity index (χ0n) is 13.9. The summed E-state index contributed by atoms with van der Waals surface area (Å²) in [5.41, 5.74) is 9.71. The third-order valence-corrected chi connectivity index (χ3v) is 4.91. The second kappa shape index (κ2) is 9.08. The minimum Gasteiger partial charge on any atom is -0.361 e. The Bertz CT molecular complexity index is 644. The lowest BCUT2D eigenvalue weighted by Crippen LogP contribution is -2.29. The summed E-state index contributed by atoms with van der Waals surface area (Å²) in [6.07, 6.45) is 5.74. The highest BCUT2D eigenvalue weighted by molar-refractivity contribution is 7.74. The van der Waals surface area contributed by atoms with Crippen molar-refractivity contribution in [2.24, 2.45) is 5.73 Å². The fourth-order valence-electron chi connectivity index (χ4n) is 3.41. The van der Waals surface area contributed by atoms with Crippen LogP contribution in [0.2, 0.25) is 0 Å². The Balaban J connectivity index is 0.00000208. The van der Waals surface area contributed by atoms with Gasteiger partial charge in [0.05, 0.1) is 0 Å². The monoisotopic (exact) mass is 371 g/mol. The van der Waals surface area contributed by atoms with Crippen molar-refractivity contribution in [2.75, 3.05) is 20.1 Å². The number of nitrogens with zero attached hydrogens (tertiary/aromatic N) is 1. The minimum atomic E-state index is -0.456. The quantitative estimate of drug-likeness (QED) is 0.239. The van der Waals surface area contributed by atoms with Gasteiger partial charge in [-0.3, -0.25) is 0 Å². The van der Waals surface area contributed by atoms with E-state index in [1.165, 1.54) is 48.0 Å². The predicted octanol–water partition coefficient (Wildman–Crippen LogP) is 3.41. The van der Waals surface area contributed by atoms with Crippen LogP contribution < -0.4 is 5.73 Å². The van der Waals surface area contributed by atoms with Gasteiger partial charge in [0.1, 0.15) is 6.23 Å². The van der Waals surface area contributed by atoms with Crippen molar-refractivity contribution in [3.8, 4) is 0 Å². The third kappa shape index (κ3) is 4.65. The van der Waals surface area contributed by atoms with E-state index in [0.29, 0.717) is 12.3 Å². The molecule has 3 N–H and O–H groups in total. The molecule has 24 heavy (non-hydrogen) atoms. The van der Waals surface area contributed by atoms with Gasteiger partial charge in [0.25, 0.3) is 0 Å². The molecule has 1 aliphatic heterocycles. The molecule has 0 saturated carbocycles. The zero-order valence-corrected chi connectivity index (χ0v) is 15.6. The lowest BCUT2D eigenvalue weighted by molar-refractivity contribution is -0.228. The van der Waals surface area contributed by atoms with Gasteiger partial charge in [-0.2, -0.15) is 4.33 Å². The van der Waals surface area contributed by atoms with Crippen LogP contribution in [0.5, 0.6) is 0 Å². The lowest BCUT2D eigenvalue weighted by Gasteiger charge is -2.28. The van der Waals surface area contributed by atoms with E-state index >= 15 is 0 Å². The lowest BCUT2D eigenvalue weighted by atomic mass is 9.89. The predicted molar refractivity (Wildman–Crippen MR) is 102 cm³/mol. The van der Waals surface area contributed by atoms with Gasteiger partial charge in [0, 0.05) is 30.0 Å². The minimum absolute atomic E-state index is 0. The molecule has 1 aromatic heterocycles. The third-order valence-electron chi connectivity index (χ3n) is 4.82. The summed E-state index contributed by atoms with van der Waals surface area (Å²) in [5.74, 6) is 0.651. The molecule has 0 aliphatic carbocycles. The van der Waals surface area contributed by atoms with Gasteiger partial charge >= 0.3 is 0 Å². The Morgan fingerprint density at radius 2 is 2.12 bits per heavy atom. The Hall–Kier alpha value is -0.760. The molecule has 1 atom stereocenters. The van der Waals surface area contributed by atoms with Crippen LogP contribution in [0.3, 0.4) is 0 Å². The van der Waals surface area contributed by atoms with Gasteiger partial charge < -0.3 is 15.6 Å². The van der Waals surface area contributed by atoms with Crippen LogP contribution in [0.15, 0.2) is 24.4 Å². The molecular formula is C17H26ClN3O2S. The Morgan fingerprint density at radius 1 is 1.38 bits per heavy atom. The fourth-order valence-corrected chi connectivity index (χ4v) is 3.53. The first-order valence-electron chi connectivity index (χ1n) is 8.18. The van der Waals surface area contributed by atoms with Crippen LogP contribution in [0, 0.1) is 0 Å². The average molecular weight is 372 g/mol. The van der Waals surface area contributed by atoms with Gasteiger partial charge in [-0.05, 0) is 75.0 Å². The number of halogens is 1. The highest BCUT2D eigenvalue weighted by Crippen LogP contribution is 2.33. The van der Waals surface area contributed by atoms with Crippen molar-refractivity contribution < 1.29 is 9.22 Å². The van der Waals surface area contributed by atoms with Crippen LogP contribution in [-0.2, 0) is 15.6 Å². The number of piperidine rings is 1. The highest BCUT2D eigenvalue weighted by atomic mass is 35.5. The maximum atomic E-state index is 5.78. The van der Waals surface area contributed by atoms with E-state index < -0.39 is 6.23 Å². The first-order chi connectivity index (χ1) is 11.2. The van der Waals surface area contributed by atoms with Crippen molar-refractivity contribution in [1.29, 1.82) is 0 Å². The molecule has 134 valence electrons. The largest absolute Gasteiger partial charge is 0.361 e.